The van der Waals surface area contributed by atoms with Gasteiger partial charge in [0.05, 0.1) is 5.52 Å². The van der Waals surface area contributed by atoms with Crippen molar-refractivity contribution in [3.8, 4) is 0 Å². The minimum absolute atomic E-state index is 0.198. The summed E-state index contributed by atoms with van der Waals surface area (Å²) in [5.74, 6) is 0.438. The van der Waals surface area contributed by atoms with Crippen molar-refractivity contribution in [2.75, 3.05) is 0 Å². The molecule has 1 nitrogen and oxygen atoms in total. The Bertz CT molecular complexity index is 817. The zero-order valence-corrected chi connectivity index (χ0v) is 12.9. The van der Waals surface area contributed by atoms with Crippen LogP contribution in [0.5, 0.6) is 0 Å². The maximum Gasteiger partial charge on any atom is 0.0522 e. The van der Waals surface area contributed by atoms with Crippen LogP contribution in [-0.2, 0) is 6.54 Å². The van der Waals surface area contributed by atoms with Crippen molar-refractivity contribution in [3.05, 3.63) is 71.4 Å². The fourth-order valence-electron chi connectivity index (χ4n) is 3.90. The van der Waals surface area contributed by atoms with Gasteiger partial charge in [-0.15, -0.1) is 0 Å². The Balaban J connectivity index is 2.12. The lowest BCUT2D eigenvalue weighted by molar-refractivity contribution is 0.359. The highest BCUT2D eigenvalue weighted by molar-refractivity contribution is 5.85. The second kappa shape index (κ2) is 4.24. The fourth-order valence-corrected chi connectivity index (χ4v) is 3.90. The van der Waals surface area contributed by atoms with Gasteiger partial charge in [-0.25, -0.2) is 0 Å². The van der Waals surface area contributed by atoms with E-state index in [2.05, 4.69) is 80.1 Å². The lowest BCUT2D eigenvalue weighted by Crippen LogP contribution is -2.20. The summed E-state index contributed by atoms with van der Waals surface area (Å²) in [7, 11) is 0. The van der Waals surface area contributed by atoms with Crippen LogP contribution in [0.15, 0.2) is 54.7 Å². The maximum absolute atomic E-state index is 2.41. The van der Waals surface area contributed by atoms with E-state index in [4.69, 9.17) is 0 Å². The quantitative estimate of drug-likeness (QED) is 0.532. The van der Waals surface area contributed by atoms with E-state index in [1.165, 1.54) is 27.6 Å². The third kappa shape index (κ3) is 1.84. The molecule has 0 spiro atoms. The summed E-state index contributed by atoms with van der Waals surface area (Å²) in [6.07, 6.45) is 2.23. The molecule has 106 valence electrons. The van der Waals surface area contributed by atoms with Gasteiger partial charge in [0.25, 0.3) is 0 Å². The molecule has 1 unspecified atom stereocenters. The molecule has 0 saturated heterocycles. The van der Waals surface area contributed by atoms with Gasteiger partial charge in [-0.05, 0) is 33.6 Å². The van der Waals surface area contributed by atoms with Crippen LogP contribution in [-0.4, -0.2) is 4.57 Å². The van der Waals surface area contributed by atoms with Crippen molar-refractivity contribution in [3.63, 3.8) is 0 Å². The Hall–Kier alpha value is -2.02. The minimum atomic E-state index is 0.198. The van der Waals surface area contributed by atoms with Gasteiger partial charge in [0.15, 0.2) is 0 Å². The van der Waals surface area contributed by atoms with E-state index in [0.29, 0.717) is 5.92 Å². The van der Waals surface area contributed by atoms with Gasteiger partial charge in [0, 0.05) is 18.7 Å². The minimum Gasteiger partial charge on any atom is -0.343 e. The van der Waals surface area contributed by atoms with Gasteiger partial charge in [0.1, 0.15) is 0 Å². The molecule has 4 rings (SSSR count). The van der Waals surface area contributed by atoms with Crippen LogP contribution in [0.4, 0.5) is 0 Å². The summed E-state index contributed by atoms with van der Waals surface area (Å²) in [4.78, 5) is 0. The standard InChI is InChI=1S/C20H21N/c1-20(2,3)18-16-9-5-4-7-15(16)13-21-12-11-14-8-6-10-17(18)19(14)21/h4-12,18H,13H2,1-3H3. The molecular formula is C20H21N. The van der Waals surface area contributed by atoms with Gasteiger partial charge >= 0.3 is 0 Å². The van der Waals surface area contributed by atoms with Crippen LogP contribution in [0.25, 0.3) is 10.9 Å². The number of rotatable bonds is 0. The Morgan fingerprint density at radius 3 is 2.48 bits per heavy atom. The highest BCUT2D eigenvalue weighted by Gasteiger charge is 2.33. The molecule has 0 N–H and O–H groups in total. The monoisotopic (exact) mass is 275 g/mol. The molecule has 1 aliphatic heterocycles. The van der Waals surface area contributed by atoms with Crippen molar-refractivity contribution in [1.82, 2.24) is 4.57 Å². The smallest absolute Gasteiger partial charge is 0.0522 e. The van der Waals surface area contributed by atoms with E-state index in [1.54, 1.807) is 0 Å². The molecule has 0 aliphatic carbocycles. The molecule has 21 heavy (non-hydrogen) atoms. The Morgan fingerprint density at radius 1 is 0.905 bits per heavy atom. The number of aromatic nitrogens is 1. The van der Waals surface area contributed by atoms with Gasteiger partial charge in [0.2, 0.25) is 0 Å². The first kappa shape index (κ1) is 12.7. The topological polar surface area (TPSA) is 4.93 Å². The van der Waals surface area contributed by atoms with Gasteiger partial charge < -0.3 is 4.57 Å². The Kier molecular flexibility index (Phi) is 2.56. The lowest BCUT2D eigenvalue weighted by atomic mass is 9.71. The normalized spacial score (nSPS) is 17.6. The summed E-state index contributed by atoms with van der Waals surface area (Å²) >= 11 is 0. The molecule has 0 bridgehead atoms. The second-order valence-electron chi connectivity index (χ2n) is 7.23. The van der Waals surface area contributed by atoms with Crippen molar-refractivity contribution in [1.29, 1.82) is 0 Å². The van der Waals surface area contributed by atoms with Crippen molar-refractivity contribution in [2.45, 2.75) is 33.2 Å². The van der Waals surface area contributed by atoms with Crippen LogP contribution in [0, 0.1) is 5.41 Å². The average Bonchev–Trinajstić information content (AvgIpc) is 2.77. The molecule has 0 fully saturated rings. The van der Waals surface area contributed by atoms with E-state index >= 15 is 0 Å². The number of benzene rings is 2. The Labute approximate surface area is 126 Å². The lowest BCUT2D eigenvalue weighted by Gasteiger charge is -2.32. The first-order valence-electron chi connectivity index (χ1n) is 7.71. The van der Waals surface area contributed by atoms with Crippen LogP contribution in [0.2, 0.25) is 0 Å². The van der Waals surface area contributed by atoms with Gasteiger partial charge in [-0.3, -0.25) is 0 Å². The van der Waals surface area contributed by atoms with Crippen LogP contribution < -0.4 is 0 Å². The Morgan fingerprint density at radius 2 is 1.67 bits per heavy atom. The van der Waals surface area contributed by atoms with Crippen molar-refractivity contribution < 1.29 is 0 Å². The fraction of sp³-hybridized carbons (Fsp3) is 0.300. The maximum atomic E-state index is 2.41. The van der Waals surface area contributed by atoms with Crippen molar-refractivity contribution in [2.24, 2.45) is 5.41 Å². The first-order chi connectivity index (χ1) is 10.1. The molecule has 1 heteroatoms. The number of hydrogen-bond acceptors (Lipinski definition) is 0. The van der Waals surface area contributed by atoms with Crippen LogP contribution >= 0.6 is 0 Å². The highest BCUT2D eigenvalue weighted by atomic mass is 15.0. The summed E-state index contributed by atoms with van der Waals surface area (Å²) in [6, 6.07) is 17.9. The van der Waals surface area contributed by atoms with Crippen molar-refractivity contribution >= 4 is 10.9 Å². The SMILES string of the molecule is CC(C)(C)C1c2ccccc2Cn2ccc3cccc1c32. The number of nitrogens with zero attached hydrogens (tertiary/aromatic N) is 1. The van der Waals surface area contributed by atoms with E-state index < -0.39 is 0 Å². The summed E-state index contributed by atoms with van der Waals surface area (Å²) in [5.41, 5.74) is 6.01. The zero-order chi connectivity index (χ0) is 14.6. The predicted molar refractivity (Wildman–Crippen MR) is 88.8 cm³/mol. The zero-order valence-electron chi connectivity index (χ0n) is 12.9. The van der Waals surface area contributed by atoms with Gasteiger partial charge in [-0.1, -0.05) is 63.2 Å². The van der Waals surface area contributed by atoms with Crippen LogP contribution in [0.1, 0.15) is 43.4 Å². The molecular weight excluding hydrogens is 254 g/mol. The molecule has 2 aromatic carbocycles. The third-order valence-corrected chi connectivity index (χ3v) is 4.70. The molecule has 2 heterocycles. The largest absolute Gasteiger partial charge is 0.343 e. The highest BCUT2D eigenvalue weighted by Crippen LogP contribution is 2.46. The molecule has 1 aliphatic rings. The van der Waals surface area contributed by atoms with E-state index in [-0.39, 0.29) is 5.41 Å². The van der Waals surface area contributed by atoms with E-state index in [9.17, 15) is 0 Å². The van der Waals surface area contributed by atoms with E-state index in [0.717, 1.165) is 6.54 Å². The molecule has 0 radical (unpaired) electrons. The summed E-state index contributed by atoms with van der Waals surface area (Å²) < 4.78 is 2.41. The molecule has 0 amide bonds. The molecule has 1 atom stereocenters. The number of hydrogen-bond donors (Lipinski definition) is 0. The molecule has 1 aromatic heterocycles. The predicted octanol–water partition coefficient (Wildman–Crippen LogP) is 5.18. The van der Waals surface area contributed by atoms with Crippen LogP contribution in [0.3, 0.4) is 0 Å². The van der Waals surface area contributed by atoms with E-state index in [1.807, 2.05) is 0 Å². The number of para-hydroxylation sites is 1. The molecule has 0 saturated carbocycles. The summed E-state index contributed by atoms with van der Waals surface area (Å²) in [5, 5.41) is 1.36. The summed E-state index contributed by atoms with van der Waals surface area (Å²) in [6.45, 7) is 8.03. The first-order valence-corrected chi connectivity index (χ1v) is 7.71. The van der Waals surface area contributed by atoms with Gasteiger partial charge in [-0.2, -0.15) is 0 Å². The number of fused-ring (bicyclic) bond motifs is 1. The second-order valence-corrected chi connectivity index (χ2v) is 7.23. The average molecular weight is 275 g/mol. The third-order valence-electron chi connectivity index (χ3n) is 4.70. The molecule has 3 aromatic rings.